The molecule has 1 saturated heterocycles. The van der Waals surface area contributed by atoms with Crippen LogP contribution in [0.1, 0.15) is 0 Å². The Labute approximate surface area is 210 Å². The highest BCUT2D eigenvalue weighted by atomic mass is 79.9. The number of halogens is 2. The van der Waals surface area contributed by atoms with Crippen LogP contribution in [-0.2, 0) is 7.05 Å². The monoisotopic (exact) mass is 549 g/mol. The first kappa shape index (κ1) is 23.9. The van der Waals surface area contributed by atoms with E-state index in [4.69, 9.17) is 16.3 Å². The van der Waals surface area contributed by atoms with Crippen molar-refractivity contribution in [3.8, 4) is 17.0 Å². The average molecular weight is 551 g/mol. The zero-order valence-electron chi connectivity index (χ0n) is 18.2. The second-order valence-corrected chi connectivity index (χ2v) is 10.1. The molecule has 2 N–H and O–H groups in total. The van der Waals surface area contributed by atoms with Gasteiger partial charge in [-0.15, -0.1) is 0 Å². The molecule has 1 aliphatic rings. The highest BCUT2D eigenvalue weighted by Gasteiger charge is 2.17. The Hall–Kier alpha value is -2.20. The minimum atomic E-state index is -0.344. The minimum Gasteiger partial charge on any atom is -0.492 e. The fourth-order valence-electron chi connectivity index (χ4n) is 3.57. The van der Waals surface area contributed by atoms with E-state index in [2.05, 4.69) is 36.6 Å². The zero-order chi connectivity index (χ0) is 23.2. The number of ether oxygens (including phenoxy) is 1. The van der Waals surface area contributed by atoms with E-state index in [1.54, 1.807) is 35.1 Å². The van der Waals surface area contributed by atoms with Crippen LogP contribution in [0.4, 0.5) is 16.2 Å². The van der Waals surface area contributed by atoms with Gasteiger partial charge in [-0.25, -0.2) is 4.79 Å². The summed E-state index contributed by atoms with van der Waals surface area (Å²) in [7, 11) is 1.88. The fraction of sp³-hybridized carbons (Fsp3) is 0.304. The van der Waals surface area contributed by atoms with Gasteiger partial charge in [0.1, 0.15) is 12.4 Å². The molecule has 1 fully saturated rings. The third-order valence-electron chi connectivity index (χ3n) is 5.26. The molecule has 174 valence electrons. The molecule has 7 nitrogen and oxygen atoms in total. The molecule has 3 aromatic rings. The van der Waals surface area contributed by atoms with E-state index in [1.807, 2.05) is 37.0 Å². The molecule has 4 rings (SSSR count). The molecular formula is C23H25BrClN5O2S. The van der Waals surface area contributed by atoms with Gasteiger partial charge in [0.25, 0.3) is 0 Å². The molecule has 1 aliphatic heterocycles. The number of anilines is 2. The normalized spacial score (nSPS) is 14.2. The summed E-state index contributed by atoms with van der Waals surface area (Å²) in [6, 6.07) is 12.2. The first-order valence-corrected chi connectivity index (χ1v) is 12.9. The Balaban J connectivity index is 1.49. The predicted molar refractivity (Wildman–Crippen MR) is 140 cm³/mol. The van der Waals surface area contributed by atoms with Crippen LogP contribution < -0.4 is 15.4 Å². The Bertz CT molecular complexity index is 1080. The molecule has 0 aliphatic carbocycles. The van der Waals surface area contributed by atoms with Crippen molar-refractivity contribution in [2.75, 3.05) is 48.4 Å². The third-order valence-corrected chi connectivity index (χ3v) is 7.03. The Kier molecular flexibility index (Phi) is 8.19. The second kappa shape index (κ2) is 11.3. The number of nitrogens with zero attached hydrogens (tertiary/aromatic N) is 3. The van der Waals surface area contributed by atoms with Crippen LogP contribution in [0.3, 0.4) is 0 Å². The molecule has 0 radical (unpaired) electrons. The lowest BCUT2D eigenvalue weighted by Crippen LogP contribution is -2.35. The summed E-state index contributed by atoms with van der Waals surface area (Å²) in [5.41, 5.74) is 3.02. The maximum absolute atomic E-state index is 12.5. The number of aryl methyl sites for hydroxylation is 1. The van der Waals surface area contributed by atoms with Crippen molar-refractivity contribution in [3.05, 3.63) is 58.2 Å². The maximum atomic E-state index is 12.5. The SMILES string of the molecule is Cn1ncc(Br)c1-c1cc(NC(=O)Nc2ccc(Cl)cc2)ccc1OCCN1CCSCC1. The van der Waals surface area contributed by atoms with Gasteiger partial charge in [0.05, 0.1) is 16.4 Å². The number of thioether (sulfide) groups is 1. The van der Waals surface area contributed by atoms with Gasteiger partial charge in [-0.05, 0) is 58.4 Å². The van der Waals surface area contributed by atoms with Gasteiger partial charge in [0.2, 0.25) is 0 Å². The molecule has 0 bridgehead atoms. The van der Waals surface area contributed by atoms with Gasteiger partial charge in [0, 0.05) is 60.1 Å². The topological polar surface area (TPSA) is 71.4 Å². The number of rotatable bonds is 7. The van der Waals surface area contributed by atoms with E-state index in [1.165, 1.54) is 11.5 Å². The summed E-state index contributed by atoms with van der Waals surface area (Å²) in [4.78, 5) is 14.9. The Morgan fingerprint density at radius 3 is 2.55 bits per heavy atom. The summed E-state index contributed by atoms with van der Waals surface area (Å²) >= 11 is 11.5. The van der Waals surface area contributed by atoms with Gasteiger partial charge in [-0.3, -0.25) is 9.58 Å². The summed E-state index contributed by atoms with van der Waals surface area (Å²) < 4.78 is 8.83. The number of benzene rings is 2. The maximum Gasteiger partial charge on any atom is 0.323 e. The molecular weight excluding hydrogens is 526 g/mol. The lowest BCUT2D eigenvalue weighted by atomic mass is 10.1. The van der Waals surface area contributed by atoms with Crippen molar-refractivity contribution in [1.29, 1.82) is 0 Å². The van der Waals surface area contributed by atoms with Gasteiger partial charge in [-0.1, -0.05) is 11.6 Å². The number of amides is 2. The summed E-state index contributed by atoms with van der Waals surface area (Å²) in [5.74, 6) is 3.09. The van der Waals surface area contributed by atoms with Crippen molar-refractivity contribution >= 4 is 56.7 Å². The van der Waals surface area contributed by atoms with E-state index in [0.717, 1.165) is 41.1 Å². The van der Waals surface area contributed by atoms with Crippen molar-refractivity contribution in [3.63, 3.8) is 0 Å². The fourth-order valence-corrected chi connectivity index (χ4v) is 5.23. The first-order valence-electron chi connectivity index (χ1n) is 10.6. The highest BCUT2D eigenvalue weighted by molar-refractivity contribution is 9.10. The van der Waals surface area contributed by atoms with E-state index in [0.29, 0.717) is 23.0 Å². The van der Waals surface area contributed by atoms with Crippen LogP contribution in [0, 0.1) is 0 Å². The van der Waals surface area contributed by atoms with Gasteiger partial charge >= 0.3 is 6.03 Å². The quantitative estimate of drug-likeness (QED) is 0.402. The molecule has 1 aromatic heterocycles. The number of nitrogens with one attached hydrogen (secondary N) is 2. The third kappa shape index (κ3) is 6.44. The van der Waals surface area contributed by atoms with Crippen molar-refractivity contribution in [2.24, 2.45) is 7.05 Å². The Morgan fingerprint density at radius 2 is 1.85 bits per heavy atom. The second-order valence-electron chi connectivity index (χ2n) is 7.56. The van der Waals surface area contributed by atoms with Crippen LogP contribution in [0.2, 0.25) is 5.02 Å². The molecule has 0 saturated carbocycles. The predicted octanol–water partition coefficient (Wildman–Crippen LogP) is 5.57. The van der Waals surface area contributed by atoms with Crippen LogP contribution in [0.15, 0.2) is 53.1 Å². The van der Waals surface area contributed by atoms with E-state index in [9.17, 15) is 4.79 Å². The molecule has 2 aromatic carbocycles. The number of carbonyl (C=O) groups excluding carboxylic acids is 1. The van der Waals surface area contributed by atoms with E-state index in [-0.39, 0.29) is 6.03 Å². The van der Waals surface area contributed by atoms with Crippen LogP contribution in [0.5, 0.6) is 5.75 Å². The van der Waals surface area contributed by atoms with Gasteiger partial charge < -0.3 is 15.4 Å². The van der Waals surface area contributed by atoms with Crippen molar-refractivity contribution in [2.45, 2.75) is 0 Å². The summed E-state index contributed by atoms with van der Waals surface area (Å²) in [6.45, 7) is 3.67. The number of urea groups is 1. The molecule has 33 heavy (non-hydrogen) atoms. The lowest BCUT2D eigenvalue weighted by Gasteiger charge is -2.26. The van der Waals surface area contributed by atoms with Gasteiger partial charge in [0.15, 0.2) is 0 Å². The minimum absolute atomic E-state index is 0.344. The number of aromatic nitrogens is 2. The average Bonchev–Trinajstić information content (AvgIpc) is 3.14. The van der Waals surface area contributed by atoms with E-state index >= 15 is 0 Å². The smallest absolute Gasteiger partial charge is 0.323 e. The van der Waals surface area contributed by atoms with Gasteiger partial charge in [-0.2, -0.15) is 16.9 Å². The van der Waals surface area contributed by atoms with E-state index < -0.39 is 0 Å². The Morgan fingerprint density at radius 1 is 1.15 bits per heavy atom. The first-order chi connectivity index (χ1) is 16.0. The molecule has 2 amide bonds. The molecule has 10 heteroatoms. The van der Waals surface area contributed by atoms with Crippen LogP contribution in [-0.4, -0.2) is 58.5 Å². The number of hydrogen-bond acceptors (Lipinski definition) is 5. The summed E-state index contributed by atoms with van der Waals surface area (Å²) in [6.07, 6.45) is 1.75. The van der Waals surface area contributed by atoms with Crippen molar-refractivity contribution < 1.29 is 9.53 Å². The molecule has 0 spiro atoms. The molecule has 2 heterocycles. The molecule has 0 atom stereocenters. The number of carbonyl (C=O) groups is 1. The van der Waals surface area contributed by atoms with Crippen LogP contribution in [0.25, 0.3) is 11.3 Å². The number of hydrogen-bond donors (Lipinski definition) is 2. The standard InChI is InChI=1S/C23H25BrClN5O2S/c1-29-22(20(24)15-26-29)19-14-18(28-23(31)27-17-4-2-16(25)3-5-17)6-7-21(19)32-11-8-30-9-12-33-13-10-30/h2-7,14-15H,8-13H2,1H3,(H2,27,28,31). The lowest BCUT2D eigenvalue weighted by molar-refractivity contribution is 0.223. The largest absolute Gasteiger partial charge is 0.492 e. The van der Waals surface area contributed by atoms with Crippen LogP contribution >= 0.6 is 39.3 Å². The summed E-state index contributed by atoms with van der Waals surface area (Å²) in [5, 5.41) is 10.6. The zero-order valence-corrected chi connectivity index (χ0v) is 21.3. The van der Waals surface area contributed by atoms with Crippen molar-refractivity contribution in [1.82, 2.24) is 14.7 Å². The molecule has 0 unspecified atom stereocenters. The highest BCUT2D eigenvalue weighted by Crippen LogP contribution is 2.36.